The Morgan fingerprint density at radius 1 is 1.33 bits per heavy atom. The van der Waals surface area contributed by atoms with E-state index < -0.39 is 11.9 Å². The molecule has 1 aromatic heterocycles. The lowest BCUT2D eigenvalue weighted by atomic mass is 10.0. The topological polar surface area (TPSA) is 109 Å². The fourth-order valence-electron chi connectivity index (χ4n) is 1.77. The summed E-state index contributed by atoms with van der Waals surface area (Å²) in [4.78, 5) is 34.0. The zero-order valence-corrected chi connectivity index (χ0v) is 11.9. The number of hydrogen-bond donors (Lipinski definition) is 3. The lowest BCUT2D eigenvalue weighted by Crippen LogP contribution is -2.35. The molecule has 7 heteroatoms. The number of carboxylic acids is 1. The van der Waals surface area contributed by atoms with Crippen LogP contribution in [0.5, 0.6) is 0 Å². The molecule has 0 saturated carbocycles. The van der Waals surface area contributed by atoms with Gasteiger partial charge in [-0.3, -0.25) is 14.4 Å². The van der Waals surface area contributed by atoms with Crippen LogP contribution in [0, 0.1) is 5.92 Å². The molecule has 116 valence electrons. The molecule has 0 aliphatic heterocycles. The molecule has 7 nitrogen and oxygen atoms in total. The highest BCUT2D eigenvalue weighted by molar-refractivity contribution is 5.91. The van der Waals surface area contributed by atoms with Gasteiger partial charge in [0.15, 0.2) is 5.76 Å². The van der Waals surface area contributed by atoms with Gasteiger partial charge in [0.25, 0.3) is 5.91 Å². The van der Waals surface area contributed by atoms with Crippen LogP contribution in [-0.2, 0) is 9.59 Å². The molecule has 1 rings (SSSR count). The van der Waals surface area contributed by atoms with Crippen molar-refractivity contribution < 1.29 is 23.9 Å². The Bertz CT molecular complexity index is 470. The predicted molar refractivity (Wildman–Crippen MR) is 74.7 cm³/mol. The molecule has 0 radical (unpaired) electrons. The number of amides is 2. The van der Waals surface area contributed by atoms with Crippen molar-refractivity contribution in [3.05, 3.63) is 24.2 Å². The third-order valence-corrected chi connectivity index (χ3v) is 2.91. The summed E-state index contributed by atoms with van der Waals surface area (Å²) < 4.78 is 4.91. The normalized spacial score (nSPS) is 11.7. The average Bonchev–Trinajstić information content (AvgIpc) is 2.97. The van der Waals surface area contributed by atoms with E-state index in [1.807, 2.05) is 6.92 Å². The van der Waals surface area contributed by atoms with E-state index in [4.69, 9.17) is 9.52 Å². The summed E-state index contributed by atoms with van der Waals surface area (Å²) in [6, 6.07) is 3.12. The monoisotopic (exact) mass is 296 g/mol. The zero-order valence-electron chi connectivity index (χ0n) is 11.9. The molecule has 3 N–H and O–H groups in total. The van der Waals surface area contributed by atoms with Crippen LogP contribution in [0.2, 0.25) is 0 Å². The fourth-order valence-corrected chi connectivity index (χ4v) is 1.77. The van der Waals surface area contributed by atoms with E-state index in [-0.39, 0.29) is 37.1 Å². The van der Waals surface area contributed by atoms with Gasteiger partial charge in [-0.2, -0.15) is 0 Å². The molecule has 1 aromatic rings. The summed E-state index contributed by atoms with van der Waals surface area (Å²) in [6.45, 7) is 2.16. The molecule has 0 aromatic carbocycles. The van der Waals surface area contributed by atoms with Crippen molar-refractivity contribution in [3.63, 3.8) is 0 Å². The molecule has 0 bridgehead atoms. The first-order valence-corrected chi connectivity index (χ1v) is 6.85. The van der Waals surface area contributed by atoms with Crippen LogP contribution in [0.3, 0.4) is 0 Å². The van der Waals surface area contributed by atoms with Gasteiger partial charge in [-0.25, -0.2) is 0 Å². The van der Waals surface area contributed by atoms with Crippen molar-refractivity contribution in [2.75, 3.05) is 13.1 Å². The SMILES string of the molecule is CCCC(CNC(=O)CCNC(=O)c1ccco1)C(=O)O. The summed E-state index contributed by atoms with van der Waals surface area (Å²) in [5.41, 5.74) is 0. The lowest BCUT2D eigenvalue weighted by Gasteiger charge is -2.12. The Balaban J connectivity index is 2.22. The number of rotatable bonds is 9. The maximum absolute atomic E-state index is 11.6. The first-order valence-electron chi connectivity index (χ1n) is 6.85. The minimum atomic E-state index is -0.914. The predicted octanol–water partition coefficient (Wildman–Crippen LogP) is 1.02. The average molecular weight is 296 g/mol. The lowest BCUT2D eigenvalue weighted by molar-refractivity contribution is -0.141. The van der Waals surface area contributed by atoms with Gasteiger partial charge in [-0.05, 0) is 18.6 Å². The number of aliphatic carboxylic acids is 1. The largest absolute Gasteiger partial charge is 0.481 e. The van der Waals surface area contributed by atoms with Crippen LogP contribution in [-0.4, -0.2) is 36.0 Å². The Hall–Kier alpha value is -2.31. The molecule has 0 saturated heterocycles. The van der Waals surface area contributed by atoms with E-state index in [1.165, 1.54) is 12.3 Å². The first-order chi connectivity index (χ1) is 10.0. The second kappa shape index (κ2) is 8.78. The van der Waals surface area contributed by atoms with Gasteiger partial charge in [-0.1, -0.05) is 13.3 Å². The van der Waals surface area contributed by atoms with Crippen molar-refractivity contribution >= 4 is 17.8 Å². The van der Waals surface area contributed by atoms with Crippen molar-refractivity contribution in [3.8, 4) is 0 Å². The zero-order chi connectivity index (χ0) is 15.7. The summed E-state index contributed by atoms with van der Waals surface area (Å²) >= 11 is 0. The summed E-state index contributed by atoms with van der Waals surface area (Å²) in [5.74, 6) is -1.98. The molecule has 1 unspecified atom stereocenters. The van der Waals surface area contributed by atoms with E-state index in [1.54, 1.807) is 6.07 Å². The van der Waals surface area contributed by atoms with Crippen LogP contribution < -0.4 is 10.6 Å². The summed E-state index contributed by atoms with van der Waals surface area (Å²) in [6.07, 6.45) is 2.74. The Morgan fingerprint density at radius 2 is 2.10 bits per heavy atom. The van der Waals surface area contributed by atoms with E-state index in [0.29, 0.717) is 6.42 Å². The minimum absolute atomic E-state index is 0.0882. The highest BCUT2D eigenvalue weighted by Crippen LogP contribution is 2.05. The maximum atomic E-state index is 11.6. The van der Waals surface area contributed by atoms with Crippen molar-refractivity contribution in [1.29, 1.82) is 0 Å². The molecule has 21 heavy (non-hydrogen) atoms. The van der Waals surface area contributed by atoms with E-state index >= 15 is 0 Å². The number of carbonyl (C=O) groups excluding carboxylic acids is 2. The molecular weight excluding hydrogens is 276 g/mol. The molecule has 1 heterocycles. The third-order valence-electron chi connectivity index (χ3n) is 2.91. The second-order valence-electron chi connectivity index (χ2n) is 4.61. The quantitative estimate of drug-likeness (QED) is 0.630. The Kier molecular flexibility index (Phi) is 7.00. The second-order valence-corrected chi connectivity index (χ2v) is 4.61. The Labute approximate surface area is 122 Å². The van der Waals surface area contributed by atoms with E-state index in [0.717, 1.165) is 6.42 Å². The van der Waals surface area contributed by atoms with E-state index in [9.17, 15) is 14.4 Å². The van der Waals surface area contributed by atoms with Gasteiger partial charge in [0.05, 0.1) is 12.2 Å². The van der Waals surface area contributed by atoms with Gasteiger partial charge in [0.2, 0.25) is 5.91 Å². The molecule has 0 fully saturated rings. The van der Waals surface area contributed by atoms with E-state index in [2.05, 4.69) is 10.6 Å². The fraction of sp³-hybridized carbons (Fsp3) is 0.500. The number of hydrogen-bond acceptors (Lipinski definition) is 4. The van der Waals surface area contributed by atoms with Gasteiger partial charge in [0, 0.05) is 19.5 Å². The van der Waals surface area contributed by atoms with Gasteiger partial charge in [-0.15, -0.1) is 0 Å². The summed E-state index contributed by atoms with van der Waals surface area (Å²) in [7, 11) is 0. The molecule has 2 amide bonds. The number of furan rings is 1. The van der Waals surface area contributed by atoms with Gasteiger partial charge < -0.3 is 20.2 Å². The standard InChI is InChI=1S/C14H20N2O5/c1-2-4-10(14(19)20)9-16-12(17)6-7-15-13(18)11-5-3-8-21-11/h3,5,8,10H,2,4,6-7,9H2,1H3,(H,15,18)(H,16,17)(H,19,20). The first kappa shape index (κ1) is 16.7. The Morgan fingerprint density at radius 3 is 2.67 bits per heavy atom. The van der Waals surface area contributed by atoms with Gasteiger partial charge in [0.1, 0.15) is 0 Å². The van der Waals surface area contributed by atoms with Crippen molar-refractivity contribution in [2.45, 2.75) is 26.2 Å². The minimum Gasteiger partial charge on any atom is -0.481 e. The van der Waals surface area contributed by atoms with Crippen LogP contribution in [0.15, 0.2) is 22.8 Å². The van der Waals surface area contributed by atoms with Crippen molar-refractivity contribution in [1.82, 2.24) is 10.6 Å². The van der Waals surface area contributed by atoms with Crippen LogP contribution in [0.1, 0.15) is 36.7 Å². The summed E-state index contributed by atoms with van der Waals surface area (Å²) in [5, 5.41) is 14.1. The molecule has 0 aliphatic carbocycles. The number of carboxylic acid groups (broad SMARTS) is 1. The smallest absolute Gasteiger partial charge is 0.308 e. The molecule has 1 atom stereocenters. The third kappa shape index (κ3) is 6.11. The number of carbonyl (C=O) groups is 3. The van der Waals surface area contributed by atoms with Crippen molar-refractivity contribution in [2.24, 2.45) is 5.92 Å². The molecular formula is C14H20N2O5. The van der Waals surface area contributed by atoms with Gasteiger partial charge >= 0.3 is 5.97 Å². The van der Waals surface area contributed by atoms with Crippen LogP contribution >= 0.6 is 0 Å². The maximum Gasteiger partial charge on any atom is 0.308 e. The number of nitrogens with one attached hydrogen (secondary N) is 2. The highest BCUT2D eigenvalue weighted by Gasteiger charge is 2.17. The molecule has 0 spiro atoms. The highest BCUT2D eigenvalue weighted by atomic mass is 16.4. The van der Waals surface area contributed by atoms with Crippen LogP contribution in [0.25, 0.3) is 0 Å². The van der Waals surface area contributed by atoms with Crippen LogP contribution in [0.4, 0.5) is 0 Å². The molecule has 0 aliphatic rings.